The zero-order chi connectivity index (χ0) is 30.5. The molecule has 6 N–H and O–H groups in total. The third-order valence-corrected chi connectivity index (χ3v) is 8.23. The molecule has 0 amide bonds. The van der Waals surface area contributed by atoms with Crippen LogP contribution in [0.15, 0.2) is 40.1 Å². The van der Waals surface area contributed by atoms with Gasteiger partial charge in [-0.1, -0.05) is 12.1 Å². The zero-order valence-corrected chi connectivity index (χ0v) is 21.3. The van der Waals surface area contributed by atoms with E-state index in [9.17, 15) is 48.0 Å². The van der Waals surface area contributed by atoms with Crippen LogP contribution in [-0.4, -0.2) is 71.8 Å². The number of alkyl halides is 6. The van der Waals surface area contributed by atoms with Gasteiger partial charge in [0.05, 0.1) is 16.0 Å². The topological polar surface area (TPSA) is 230 Å². The fourth-order valence-corrected chi connectivity index (χ4v) is 6.66. The van der Waals surface area contributed by atoms with Crippen molar-refractivity contribution in [3.8, 4) is 22.5 Å². The number of aromatic nitrogens is 6. The number of rotatable bonds is 7. The number of nitrogens with zero attached hydrogens (tertiary/aromatic N) is 4. The fourth-order valence-electron chi connectivity index (χ4n) is 3.76. The highest BCUT2D eigenvalue weighted by Gasteiger charge is 2.43. The van der Waals surface area contributed by atoms with E-state index < -0.39 is 82.4 Å². The number of carbonyl (C=O) groups excluding carboxylic acids is 1. The first-order valence-corrected chi connectivity index (χ1v) is 13.8. The smallest absolute Gasteiger partial charge is 0.439 e. The first kappa shape index (κ1) is 29.8. The Bertz CT molecular complexity index is 1850. The maximum absolute atomic E-state index is 13.5. The molecule has 4 rings (SSSR count). The van der Waals surface area contributed by atoms with E-state index in [0.717, 1.165) is 18.2 Å². The summed E-state index contributed by atoms with van der Waals surface area (Å²) in [7, 11) is -10.1. The number of carbonyl (C=O) groups is 1. The van der Waals surface area contributed by atoms with Gasteiger partial charge in [-0.15, -0.1) is 10.2 Å². The molecule has 0 saturated carbocycles. The summed E-state index contributed by atoms with van der Waals surface area (Å²) in [6, 6.07) is 5.02. The zero-order valence-electron chi connectivity index (χ0n) is 19.6. The number of esters is 1. The standard InChI is InChI=1S/C19H14F6N8O6S2/c20-18(21,22)15-9-5-7(1-3-10(9)28-29-15)8-2-4-11(14(41(27,37)38)13(8)16-30-32-33-31-16)40(35,36)6-12(26)39-17(34)19(23,24)25/h1-5,12H,6,26H2,(H,28,29)(H2,27,37,38)(H,30,31,32,33). The van der Waals surface area contributed by atoms with Gasteiger partial charge in [-0.2, -0.15) is 36.7 Å². The van der Waals surface area contributed by atoms with Crippen molar-refractivity contribution in [2.75, 3.05) is 5.75 Å². The van der Waals surface area contributed by atoms with Crippen LogP contribution in [0.4, 0.5) is 26.3 Å². The Labute approximate surface area is 224 Å². The van der Waals surface area contributed by atoms with Crippen LogP contribution in [0.2, 0.25) is 0 Å². The molecule has 2 heterocycles. The maximum atomic E-state index is 13.5. The Hall–Kier alpha value is -4.15. The van der Waals surface area contributed by atoms with E-state index >= 15 is 0 Å². The summed E-state index contributed by atoms with van der Waals surface area (Å²) in [5, 5.41) is 22.8. The van der Waals surface area contributed by atoms with E-state index in [1.54, 1.807) is 0 Å². The largest absolute Gasteiger partial charge is 0.490 e. The number of halogens is 6. The quantitative estimate of drug-likeness (QED) is 0.129. The summed E-state index contributed by atoms with van der Waals surface area (Å²) in [5.41, 5.74) is 2.93. The molecule has 1 unspecified atom stereocenters. The molecule has 4 aromatic rings. The number of sulfonamides is 1. The lowest BCUT2D eigenvalue weighted by atomic mass is 9.97. The van der Waals surface area contributed by atoms with Crippen molar-refractivity contribution in [1.29, 1.82) is 0 Å². The van der Waals surface area contributed by atoms with Crippen LogP contribution >= 0.6 is 0 Å². The highest BCUT2D eigenvalue weighted by atomic mass is 32.2. The first-order chi connectivity index (χ1) is 18.8. The van der Waals surface area contributed by atoms with Crippen molar-refractivity contribution in [2.24, 2.45) is 10.9 Å². The molecule has 14 nitrogen and oxygen atoms in total. The number of nitrogens with two attached hydrogens (primary N) is 2. The van der Waals surface area contributed by atoms with Gasteiger partial charge in [-0.3, -0.25) is 10.8 Å². The van der Waals surface area contributed by atoms with Crippen LogP contribution in [0, 0.1) is 0 Å². The Morgan fingerprint density at radius 3 is 2.27 bits per heavy atom. The van der Waals surface area contributed by atoms with E-state index in [1.165, 1.54) is 6.07 Å². The van der Waals surface area contributed by atoms with Gasteiger partial charge in [-0.05, 0) is 34.5 Å². The minimum Gasteiger partial charge on any atom is -0.439 e. The Morgan fingerprint density at radius 1 is 1.02 bits per heavy atom. The minimum absolute atomic E-state index is 0.103. The number of nitrogens with one attached hydrogen (secondary N) is 2. The van der Waals surface area contributed by atoms with Crippen molar-refractivity contribution in [3.05, 3.63) is 36.0 Å². The SMILES string of the molecule is NC(CS(=O)(=O)c1ccc(-c2ccc3n[nH]c(C(F)(F)F)c3c2)c(-c2nn[nH]n2)c1S(N)(=O)=O)OC(=O)C(F)(F)F. The first-order valence-electron chi connectivity index (χ1n) is 10.6. The van der Waals surface area contributed by atoms with Crippen LogP contribution in [0.1, 0.15) is 5.69 Å². The number of primary sulfonamides is 1. The van der Waals surface area contributed by atoms with Crippen LogP contribution < -0.4 is 10.9 Å². The molecule has 220 valence electrons. The average Bonchev–Trinajstić information content (AvgIpc) is 3.51. The molecule has 0 spiro atoms. The number of hydrogen-bond donors (Lipinski definition) is 4. The lowest BCUT2D eigenvalue weighted by Crippen LogP contribution is -2.39. The molecule has 2 aromatic heterocycles. The molecule has 41 heavy (non-hydrogen) atoms. The second-order valence-corrected chi connectivity index (χ2v) is 11.6. The molecule has 0 aliphatic heterocycles. The van der Waals surface area contributed by atoms with Crippen molar-refractivity contribution in [3.63, 3.8) is 0 Å². The molecule has 22 heteroatoms. The monoisotopic (exact) mass is 628 g/mol. The van der Waals surface area contributed by atoms with E-state index in [1.807, 2.05) is 10.3 Å². The van der Waals surface area contributed by atoms with Gasteiger partial charge < -0.3 is 4.74 Å². The van der Waals surface area contributed by atoms with Gasteiger partial charge in [0, 0.05) is 5.39 Å². The summed E-state index contributed by atoms with van der Waals surface area (Å²) < 4.78 is 134. The number of benzene rings is 2. The van der Waals surface area contributed by atoms with Crippen molar-refractivity contribution in [2.45, 2.75) is 28.4 Å². The molecule has 1 atom stereocenters. The van der Waals surface area contributed by atoms with Gasteiger partial charge >= 0.3 is 18.3 Å². The van der Waals surface area contributed by atoms with E-state index in [-0.39, 0.29) is 16.6 Å². The highest BCUT2D eigenvalue weighted by molar-refractivity contribution is 7.93. The summed E-state index contributed by atoms with van der Waals surface area (Å²) in [5.74, 6) is -4.90. The average molecular weight is 628 g/mol. The Balaban J connectivity index is 1.95. The van der Waals surface area contributed by atoms with Gasteiger partial charge in [0.1, 0.15) is 16.3 Å². The van der Waals surface area contributed by atoms with Gasteiger partial charge in [0.25, 0.3) is 0 Å². The molecule has 0 radical (unpaired) electrons. The number of fused-ring (bicyclic) bond motifs is 1. The Morgan fingerprint density at radius 2 is 1.71 bits per heavy atom. The lowest BCUT2D eigenvalue weighted by molar-refractivity contribution is -0.203. The number of H-pyrrole nitrogens is 2. The Kier molecular flexibility index (Phi) is 7.30. The third-order valence-electron chi connectivity index (χ3n) is 5.33. The normalized spacial score (nSPS) is 13.9. The molecular weight excluding hydrogens is 614 g/mol. The highest BCUT2D eigenvalue weighted by Crippen LogP contribution is 2.41. The number of aromatic amines is 2. The summed E-state index contributed by atoms with van der Waals surface area (Å²) in [6.45, 7) is 0. The van der Waals surface area contributed by atoms with E-state index in [0.29, 0.717) is 6.07 Å². The maximum Gasteiger partial charge on any atom is 0.490 e. The van der Waals surface area contributed by atoms with Gasteiger partial charge in [0.2, 0.25) is 15.8 Å². The second kappa shape index (κ2) is 10.0. The number of ether oxygens (including phenoxy) is 1. The van der Waals surface area contributed by atoms with Crippen molar-refractivity contribution < 1.29 is 52.7 Å². The van der Waals surface area contributed by atoms with Crippen LogP contribution in [0.3, 0.4) is 0 Å². The number of tetrazole rings is 1. The van der Waals surface area contributed by atoms with Crippen LogP contribution in [0.25, 0.3) is 33.4 Å². The fraction of sp³-hybridized carbons (Fsp3) is 0.211. The summed E-state index contributed by atoms with van der Waals surface area (Å²) >= 11 is 0. The van der Waals surface area contributed by atoms with E-state index in [4.69, 9.17) is 10.9 Å². The van der Waals surface area contributed by atoms with Gasteiger partial charge in [0.15, 0.2) is 16.1 Å². The molecule has 0 fully saturated rings. The van der Waals surface area contributed by atoms with Crippen LogP contribution in [-0.2, 0) is 35.6 Å². The predicted molar refractivity (Wildman–Crippen MR) is 123 cm³/mol. The molecule has 0 aliphatic carbocycles. The predicted octanol–water partition coefficient (Wildman–Crippen LogP) is 1.24. The number of hydrogen-bond acceptors (Lipinski definition) is 11. The number of sulfone groups is 1. The molecule has 0 saturated heterocycles. The van der Waals surface area contributed by atoms with Crippen molar-refractivity contribution >= 4 is 36.7 Å². The lowest BCUT2D eigenvalue weighted by Gasteiger charge is -2.18. The minimum atomic E-state index is -5.51. The third kappa shape index (κ3) is 5.98. The van der Waals surface area contributed by atoms with Crippen molar-refractivity contribution in [1.82, 2.24) is 30.8 Å². The molecule has 0 aliphatic rings. The second-order valence-electron chi connectivity index (χ2n) is 8.15. The van der Waals surface area contributed by atoms with Gasteiger partial charge in [-0.25, -0.2) is 26.8 Å². The molecular formula is C19H14F6N8O6S2. The molecule has 0 bridgehead atoms. The summed E-state index contributed by atoms with van der Waals surface area (Å²) in [4.78, 5) is 8.76. The molecule has 2 aromatic carbocycles. The van der Waals surface area contributed by atoms with E-state index in [2.05, 4.69) is 25.2 Å². The van der Waals surface area contributed by atoms with Crippen LogP contribution in [0.5, 0.6) is 0 Å². The summed E-state index contributed by atoms with van der Waals surface area (Å²) in [6.07, 6.45) is -12.8.